The van der Waals surface area contributed by atoms with Crippen LogP contribution < -0.4 is 10.2 Å². The van der Waals surface area contributed by atoms with Gasteiger partial charge >= 0.3 is 0 Å². The standard InChI is InChI=1S/C23H22N4O2/c1-3-27(22(28)19-9-10-20-18(15-19)12-14-29-20)21-11-13-24-23(26-21)25-16(2)17-7-5-4-6-8-17/h4-16H,3H2,1-2H3,(H,24,25,26)/t16-/m1/s1. The second-order valence-electron chi connectivity index (χ2n) is 6.74. The fraction of sp³-hybridized carbons (Fsp3) is 0.174. The maximum atomic E-state index is 13.1. The molecule has 4 rings (SSSR count). The number of nitrogens with one attached hydrogen (secondary N) is 1. The number of rotatable bonds is 6. The van der Waals surface area contributed by atoms with Gasteiger partial charge in [0.1, 0.15) is 11.4 Å². The summed E-state index contributed by atoms with van der Waals surface area (Å²) in [7, 11) is 0. The molecule has 6 heteroatoms. The predicted molar refractivity (Wildman–Crippen MR) is 114 cm³/mol. The molecule has 1 N–H and O–H groups in total. The molecule has 0 spiro atoms. The molecular weight excluding hydrogens is 364 g/mol. The van der Waals surface area contributed by atoms with Crippen LogP contribution in [0.25, 0.3) is 11.0 Å². The fourth-order valence-corrected chi connectivity index (χ4v) is 3.25. The van der Waals surface area contributed by atoms with Gasteiger partial charge in [0.25, 0.3) is 5.91 Å². The minimum Gasteiger partial charge on any atom is -0.464 e. The van der Waals surface area contributed by atoms with Crippen LogP contribution in [0.1, 0.15) is 35.8 Å². The molecule has 146 valence electrons. The van der Waals surface area contributed by atoms with E-state index in [1.165, 1.54) is 0 Å². The van der Waals surface area contributed by atoms with E-state index in [-0.39, 0.29) is 11.9 Å². The number of furan rings is 1. The third kappa shape index (κ3) is 3.96. The monoisotopic (exact) mass is 386 g/mol. The van der Waals surface area contributed by atoms with Crippen molar-refractivity contribution in [1.29, 1.82) is 0 Å². The van der Waals surface area contributed by atoms with Crippen LogP contribution >= 0.6 is 0 Å². The predicted octanol–water partition coefficient (Wildman–Crippen LogP) is 5.06. The van der Waals surface area contributed by atoms with Crippen LogP contribution in [0.15, 0.2) is 77.5 Å². The number of hydrogen-bond donors (Lipinski definition) is 1. The molecule has 0 aliphatic carbocycles. The van der Waals surface area contributed by atoms with Crippen molar-refractivity contribution >= 4 is 28.6 Å². The highest BCUT2D eigenvalue weighted by Gasteiger charge is 2.19. The van der Waals surface area contributed by atoms with Crippen molar-refractivity contribution in [3.63, 3.8) is 0 Å². The summed E-state index contributed by atoms with van der Waals surface area (Å²) in [5.41, 5.74) is 2.48. The molecule has 29 heavy (non-hydrogen) atoms. The molecular formula is C23H22N4O2. The first-order chi connectivity index (χ1) is 14.2. The maximum Gasteiger partial charge on any atom is 0.259 e. The molecule has 4 aromatic rings. The lowest BCUT2D eigenvalue weighted by atomic mass is 10.1. The summed E-state index contributed by atoms with van der Waals surface area (Å²) in [6.45, 7) is 4.47. The van der Waals surface area contributed by atoms with Gasteiger partial charge in [0.15, 0.2) is 0 Å². The first-order valence-corrected chi connectivity index (χ1v) is 9.59. The third-order valence-electron chi connectivity index (χ3n) is 4.82. The normalized spacial score (nSPS) is 11.9. The molecule has 0 saturated carbocycles. The van der Waals surface area contributed by atoms with Crippen molar-refractivity contribution in [2.45, 2.75) is 19.9 Å². The number of carbonyl (C=O) groups is 1. The zero-order valence-electron chi connectivity index (χ0n) is 16.4. The lowest BCUT2D eigenvalue weighted by Gasteiger charge is -2.21. The Labute approximate surface area is 169 Å². The van der Waals surface area contributed by atoms with Gasteiger partial charge in [-0.15, -0.1) is 0 Å². The second kappa shape index (κ2) is 8.14. The molecule has 2 aromatic heterocycles. The summed E-state index contributed by atoms with van der Waals surface area (Å²) >= 11 is 0. The minimum atomic E-state index is -0.114. The van der Waals surface area contributed by atoms with Crippen molar-refractivity contribution in [1.82, 2.24) is 9.97 Å². The van der Waals surface area contributed by atoms with Crippen LogP contribution in [-0.4, -0.2) is 22.4 Å². The Bertz CT molecular complexity index is 1120. The lowest BCUT2D eigenvalue weighted by molar-refractivity contribution is 0.0987. The van der Waals surface area contributed by atoms with Crippen molar-refractivity contribution in [3.8, 4) is 0 Å². The van der Waals surface area contributed by atoms with E-state index in [0.29, 0.717) is 23.9 Å². The molecule has 1 atom stereocenters. The van der Waals surface area contributed by atoms with Crippen molar-refractivity contribution in [2.24, 2.45) is 0 Å². The Morgan fingerprint density at radius 1 is 1.14 bits per heavy atom. The second-order valence-corrected chi connectivity index (χ2v) is 6.74. The van der Waals surface area contributed by atoms with E-state index < -0.39 is 0 Å². The van der Waals surface area contributed by atoms with Crippen LogP contribution in [0.2, 0.25) is 0 Å². The molecule has 0 radical (unpaired) electrons. The summed E-state index contributed by atoms with van der Waals surface area (Å²) in [6, 6.07) is 19.1. The van der Waals surface area contributed by atoms with Gasteiger partial charge in [-0.2, -0.15) is 4.98 Å². The largest absolute Gasteiger partial charge is 0.464 e. The molecule has 0 saturated heterocycles. The van der Waals surface area contributed by atoms with Gasteiger partial charge in [-0.25, -0.2) is 4.98 Å². The van der Waals surface area contributed by atoms with E-state index in [9.17, 15) is 4.79 Å². The average molecular weight is 386 g/mol. The van der Waals surface area contributed by atoms with Crippen LogP contribution in [-0.2, 0) is 0 Å². The third-order valence-corrected chi connectivity index (χ3v) is 4.82. The summed E-state index contributed by atoms with van der Waals surface area (Å²) in [5.74, 6) is 0.925. The van der Waals surface area contributed by atoms with Crippen LogP contribution in [0.4, 0.5) is 11.8 Å². The van der Waals surface area contributed by atoms with E-state index >= 15 is 0 Å². The maximum absolute atomic E-state index is 13.1. The Balaban J connectivity index is 1.57. The molecule has 2 aromatic carbocycles. The van der Waals surface area contributed by atoms with Crippen molar-refractivity contribution in [3.05, 3.63) is 84.3 Å². The van der Waals surface area contributed by atoms with Crippen molar-refractivity contribution in [2.75, 3.05) is 16.8 Å². The highest BCUT2D eigenvalue weighted by atomic mass is 16.3. The number of aromatic nitrogens is 2. The molecule has 0 unspecified atom stereocenters. The number of fused-ring (bicyclic) bond motifs is 1. The van der Waals surface area contributed by atoms with Crippen LogP contribution in [0.3, 0.4) is 0 Å². The number of benzene rings is 2. The smallest absolute Gasteiger partial charge is 0.259 e. The zero-order valence-corrected chi connectivity index (χ0v) is 16.4. The minimum absolute atomic E-state index is 0.0423. The molecule has 1 amide bonds. The van der Waals surface area contributed by atoms with Gasteiger partial charge in [-0.05, 0) is 49.7 Å². The highest BCUT2D eigenvalue weighted by molar-refractivity contribution is 6.07. The number of amides is 1. The zero-order chi connectivity index (χ0) is 20.2. The van der Waals surface area contributed by atoms with E-state index in [4.69, 9.17) is 4.42 Å². The van der Waals surface area contributed by atoms with Crippen molar-refractivity contribution < 1.29 is 9.21 Å². The topological polar surface area (TPSA) is 71.3 Å². The van der Waals surface area contributed by atoms with Crippen LogP contribution in [0.5, 0.6) is 0 Å². The first kappa shape index (κ1) is 18.7. The molecule has 0 aliphatic rings. The fourth-order valence-electron chi connectivity index (χ4n) is 3.25. The van der Waals surface area contributed by atoms with Gasteiger partial charge < -0.3 is 9.73 Å². The molecule has 0 bridgehead atoms. The van der Waals surface area contributed by atoms with Gasteiger partial charge in [-0.3, -0.25) is 9.69 Å². The van der Waals surface area contributed by atoms with Crippen LogP contribution in [0, 0.1) is 0 Å². The number of hydrogen-bond acceptors (Lipinski definition) is 5. The Hall–Kier alpha value is -3.67. The molecule has 6 nitrogen and oxygen atoms in total. The number of anilines is 2. The molecule has 0 fully saturated rings. The van der Waals surface area contributed by atoms with E-state index in [0.717, 1.165) is 16.5 Å². The Kier molecular flexibility index (Phi) is 5.24. The van der Waals surface area contributed by atoms with E-state index in [1.54, 1.807) is 29.5 Å². The van der Waals surface area contributed by atoms with E-state index in [1.807, 2.05) is 50.2 Å². The summed E-state index contributed by atoms with van der Waals surface area (Å²) in [5, 5.41) is 4.20. The lowest BCUT2D eigenvalue weighted by Crippen LogP contribution is -2.31. The quantitative estimate of drug-likeness (QED) is 0.501. The van der Waals surface area contributed by atoms with Gasteiger partial charge in [0, 0.05) is 23.7 Å². The molecule has 0 aliphatic heterocycles. The summed E-state index contributed by atoms with van der Waals surface area (Å²) in [4.78, 5) is 23.6. The molecule has 2 heterocycles. The van der Waals surface area contributed by atoms with Gasteiger partial charge in [-0.1, -0.05) is 30.3 Å². The Morgan fingerprint density at radius 3 is 2.76 bits per heavy atom. The highest BCUT2D eigenvalue weighted by Crippen LogP contribution is 2.22. The van der Waals surface area contributed by atoms with Gasteiger partial charge in [0.2, 0.25) is 5.95 Å². The number of carbonyl (C=O) groups excluding carboxylic acids is 1. The average Bonchev–Trinajstić information content (AvgIpc) is 3.23. The first-order valence-electron chi connectivity index (χ1n) is 9.59. The van der Waals surface area contributed by atoms with Gasteiger partial charge in [0.05, 0.1) is 12.3 Å². The van der Waals surface area contributed by atoms with E-state index in [2.05, 4.69) is 27.4 Å². The SMILES string of the molecule is CCN(C(=O)c1ccc2occc2c1)c1ccnc(N[C@H](C)c2ccccc2)n1. The summed E-state index contributed by atoms with van der Waals surface area (Å²) in [6.07, 6.45) is 3.28. The number of nitrogens with zero attached hydrogens (tertiary/aromatic N) is 3. The Morgan fingerprint density at radius 2 is 1.97 bits per heavy atom. The summed E-state index contributed by atoms with van der Waals surface area (Å²) < 4.78 is 5.36.